The fraction of sp³-hybridized carbons (Fsp3) is 0.462. The molecule has 1 atom stereocenters. The van der Waals surface area contributed by atoms with Gasteiger partial charge in [0.15, 0.2) is 0 Å². The quantitative estimate of drug-likeness (QED) is 0.846. The van der Waals surface area contributed by atoms with Crippen LogP contribution in [0.2, 0.25) is 0 Å². The fourth-order valence-corrected chi connectivity index (χ4v) is 2.29. The molecule has 0 heterocycles. The molecule has 3 nitrogen and oxygen atoms in total. The summed E-state index contributed by atoms with van der Waals surface area (Å²) in [7, 11) is 0. The lowest BCUT2D eigenvalue weighted by Crippen LogP contribution is -2.48. The van der Waals surface area contributed by atoms with Crippen LogP contribution in [-0.4, -0.2) is 16.6 Å². The second kappa shape index (κ2) is 6.29. The Bertz CT molecular complexity index is 419. The number of hydrogen-bond donors (Lipinski definition) is 2. The van der Waals surface area contributed by atoms with Crippen molar-refractivity contribution in [3.05, 3.63) is 34.1 Å². The van der Waals surface area contributed by atoms with E-state index in [-0.39, 0.29) is 5.82 Å². The van der Waals surface area contributed by atoms with E-state index in [9.17, 15) is 14.3 Å². The first-order valence-electron chi connectivity index (χ1n) is 5.81. The minimum atomic E-state index is -0.979. The summed E-state index contributed by atoms with van der Waals surface area (Å²) in [6.45, 7) is 3.90. The molecule has 18 heavy (non-hydrogen) atoms. The summed E-state index contributed by atoms with van der Waals surface area (Å²) in [4.78, 5) is 11.2. The summed E-state index contributed by atoms with van der Waals surface area (Å²) in [5.74, 6) is -1.23. The Hall–Kier alpha value is -0.940. The highest BCUT2D eigenvalue weighted by molar-refractivity contribution is 9.10. The molecule has 0 saturated carbocycles. The highest BCUT2D eigenvalue weighted by atomic mass is 79.9. The Balaban J connectivity index is 2.76. The summed E-state index contributed by atoms with van der Waals surface area (Å²) in [5, 5.41) is 12.2. The molecule has 0 saturated heterocycles. The molecule has 5 heteroatoms. The van der Waals surface area contributed by atoms with E-state index < -0.39 is 11.5 Å². The Morgan fingerprint density at radius 3 is 2.67 bits per heavy atom. The maximum absolute atomic E-state index is 13.2. The van der Waals surface area contributed by atoms with Crippen LogP contribution >= 0.6 is 15.9 Å². The Morgan fingerprint density at radius 2 is 2.17 bits per heavy atom. The summed E-state index contributed by atoms with van der Waals surface area (Å²) in [6, 6.07) is 4.53. The standard InChI is InChI=1S/C13H17BrFNO2/c1-3-4-13(2,12(17)18)16-8-9-5-10(14)7-11(15)6-9/h5-7,16H,3-4,8H2,1-2H3,(H,17,18). The number of carboxylic acids is 1. The van der Waals surface area contributed by atoms with E-state index in [4.69, 9.17) is 0 Å². The molecular weight excluding hydrogens is 301 g/mol. The van der Waals surface area contributed by atoms with Crippen molar-refractivity contribution in [1.29, 1.82) is 0 Å². The van der Waals surface area contributed by atoms with Crippen molar-refractivity contribution < 1.29 is 14.3 Å². The number of carbonyl (C=O) groups is 1. The van der Waals surface area contributed by atoms with Gasteiger partial charge in [0.1, 0.15) is 11.4 Å². The fourth-order valence-electron chi connectivity index (χ4n) is 1.78. The molecule has 0 aliphatic heterocycles. The molecule has 0 amide bonds. The van der Waals surface area contributed by atoms with Crippen LogP contribution < -0.4 is 5.32 Å². The van der Waals surface area contributed by atoms with Crippen LogP contribution in [0, 0.1) is 5.82 Å². The van der Waals surface area contributed by atoms with Crippen LogP contribution in [0.1, 0.15) is 32.3 Å². The van der Waals surface area contributed by atoms with Crippen LogP contribution in [0.25, 0.3) is 0 Å². The van der Waals surface area contributed by atoms with E-state index in [1.807, 2.05) is 6.92 Å². The van der Waals surface area contributed by atoms with Gasteiger partial charge >= 0.3 is 5.97 Å². The summed E-state index contributed by atoms with van der Waals surface area (Å²) in [6.07, 6.45) is 1.29. The molecule has 100 valence electrons. The van der Waals surface area contributed by atoms with Gasteiger partial charge in [0, 0.05) is 11.0 Å². The number of nitrogens with one attached hydrogen (secondary N) is 1. The van der Waals surface area contributed by atoms with E-state index in [2.05, 4.69) is 21.2 Å². The predicted octanol–water partition coefficient (Wildman–Crippen LogP) is 3.32. The van der Waals surface area contributed by atoms with E-state index in [0.717, 1.165) is 6.42 Å². The smallest absolute Gasteiger partial charge is 0.323 e. The topological polar surface area (TPSA) is 49.3 Å². The summed E-state index contributed by atoms with van der Waals surface area (Å²) < 4.78 is 13.8. The Labute approximate surface area is 115 Å². The third kappa shape index (κ3) is 4.07. The van der Waals surface area contributed by atoms with Gasteiger partial charge in [0.25, 0.3) is 0 Å². The van der Waals surface area contributed by atoms with Crippen LogP contribution in [0.3, 0.4) is 0 Å². The zero-order chi connectivity index (χ0) is 13.8. The van der Waals surface area contributed by atoms with Crippen LogP contribution in [0.4, 0.5) is 4.39 Å². The van der Waals surface area contributed by atoms with Crippen molar-refractivity contribution in [3.8, 4) is 0 Å². The number of carboxylic acid groups (broad SMARTS) is 1. The van der Waals surface area contributed by atoms with Crippen LogP contribution in [0.15, 0.2) is 22.7 Å². The van der Waals surface area contributed by atoms with Crippen molar-refractivity contribution in [2.24, 2.45) is 0 Å². The lowest BCUT2D eigenvalue weighted by atomic mass is 9.96. The zero-order valence-electron chi connectivity index (χ0n) is 10.5. The first-order chi connectivity index (χ1) is 8.37. The molecule has 1 unspecified atom stereocenters. The van der Waals surface area contributed by atoms with E-state index >= 15 is 0 Å². The molecule has 1 rings (SSSR count). The average molecular weight is 318 g/mol. The minimum absolute atomic E-state index is 0.319. The molecule has 1 aromatic rings. The number of hydrogen-bond acceptors (Lipinski definition) is 2. The first kappa shape index (κ1) is 15.1. The van der Waals surface area contributed by atoms with Gasteiger partial charge in [-0.2, -0.15) is 0 Å². The van der Waals surface area contributed by atoms with Crippen LogP contribution in [-0.2, 0) is 11.3 Å². The van der Waals surface area contributed by atoms with Gasteiger partial charge < -0.3 is 5.11 Å². The third-order valence-corrected chi connectivity index (χ3v) is 3.28. The van der Waals surface area contributed by atoms with Gasteiger partial charge in [-0.3, -0.25) is 10.1 Å². The second-order valence-electron chi connectivity index (χ2n) is 4.52. The molecular formula is C13H17BrFNO2. The molecule has 0 fully saturated rings. The molecule has 0 bridgehead atoms. The van der Waals surface area contributed by atoms with Gasteiger partial charge in [-0.25, -0.2) is 4.39 Å². The monoisotopic (exact) mass is 317 g/mol. The molecule has 0 radical (unpaired) electrons. The highest BCUT2D eigenvalue weighted by Gasteiger charge is 2.31. The highest BCUT2D eigenvalue weighted by Crippen LogP contribution is 2.17. The summed E-state index contributed by atoms with van der Waals surface area (Å²) in [5.41, 5.74) is -0.265. The molecule has 1 aromatic carbocycles. The zero-order valence-corrected chi connectivity index (χ0v) is 12.1. The minimum Gasteiger partial charge on any atom is -0.480 e. The van der Waals surface area contributed by atoms with Crippen molar-refractivity contribution in [2.45, 2.75) is 38.8 Å². The van der Waals surface area contributed by atoms with Gasteiger partial charge in [-0.1, -0.05) is 29.3 Å². The SMILES string of the molecule is CCCC(C)(NCc1cc(F)cc(Br)c1)C(=O)O. The van der Waals surface area contributed by atoms with Crippen molar-refractivity contribution >= 4 is 21.9 Å². The number of aliphatic carboxylic acids is 1. The Morgan fingerprint density at radius 1 is 1.50 bits per heavy atom. The van der Waals surface area contributed by atoms with Crippen LogP contribution in [0.5, 0.6) is 0 Å². The molecule has 0 aliphatic rings. The number of benzene rings is 1. The maximum Gasteiger partial charge on any atom is 0.323 e. The normalized spacial score (nSPS) is 14.2. The molecule has 0 spiro atoms. The molecule has 0 aliphatic carbocycles. The van der Waals surface area contributed by atoms with Crippen molar-refractivity contribution in [2.75, 3.05) is 0 Å². The average Bonchev–Trinajstić information content (AvgIpc) is 2.25. The largest absolute Gasteiger partial charge is 0.480 e. The van der Waals surface area contributed by atoms with Gasteiger partial charge in [0.2, 0.25) is 0 Å². The van der Waals surface area contributed by atoms with Crippen molar-refractivity contribution in [1.82, 2.24) is 5.32 Å². The number of halogens is 2. The predicted molar refractivity (Wildman–Crippen MR) is 71.9 cm³/mol. The molecule has 0 aromatic heterocycles. The lowest BCUT2D eigenvalue weighted by molar-refractivity contribution is -0.144. The lowest BCUT2D eigenvalue weighted by Gasteiger charge is -2.26. The third-order valence-electron chi connectivity index (χ3n) is 2.83. The van der Waals surface area contributed by atoms with Gasteiger partial charge in [0.05, 0.1) is 0 Å². The van der Waals surface area contributed by atoms with Gasteiger partial charge in [-0.05, 0) is 37.1 Å². The van der Waals surface area contributed by atoms with Gasteiger partial charge in [-0.15, -0.1) is 0 Å². The van der Waals surface area contributed by atoms with Crippen molar-refractivity contribution in [3.63, 3.8) is 0 Å². The van der Waals surface area contributed by atoms with E-state index in [1.165, 1.54) is 12.1 Å². The van der Waals surface area contributed by atoms with E-state index in [0.29, 0.717) is 23.0 Å². The molecule has 2 N–H and O–H groups in total. The number of rotatable bonds is 6. The Kier molecular flexibility index (Phi) is 5.28. The maximum atomic E-state index is 13.2. The first-order valence-corrected chi connectivity index (χ1v) is 6.60. The second-order valence-corrected chi connectivity index (χ2v) is 5.43. The van der Waals surface area contributed by atoms with E-state index in [1.54, 1.807) is 13.0 Å². The summed E-state index contributed by atoms with van der Waals surface area (Å²) >= 11 is 3.21.